The predicted molar refractivity (Wildman–Crippen MR) is 32.1 cm³/mol. The molecule has 0 saturated carbocycles. The summed E-state index contributed by atoms with van der Waals surface area (Å²) in [7, 11) is 0. The van der Waals surface area contributed by atoms with E-state index in [4.69, 9.17) is 10.8 Å². The third-order valence-corrected chi connectivity index (χ3v) is 1.40. The molecule has 0 aromatic carbocycles. The molecule has 4 heteroatoms. The first-order valence-electron chi connectivity index (χ1n) is 2.14. The molecule has 0 aromatic rings. The number of carboxylic acid groups (broad SMARTS) is 1. The molecule has 0 aliphatic carbocycles. The molecule has 0 spiro atoms. The van der Waals surface area contributed by atoms with Crippen LogP contribution in [0.3, 0.4) is 0 Å². The number of aliphatic carboxylic acids is 1. The number of rotatable bonds is 3. The van der Waals surface area contributed by atoms with Crippen LogP contribution in [-0.2, 0) is 4.79 Å². The third kappa shape index (κ3) is 2.91. The summed E-state index contributed by atoms with van der Waals surface area (Å²) in [5.74, 6) is -0.907. The Morgan fingerprint density at radius 2 is 2.25 bits per heavy atom. The molecule has 0 amide bonds. The molecule has 0 atom stereocenters. The van der Waals surface area contributed by atoms with E-state index < -0.39 is 5.97 Å². The van der Waals surface area contributed by atoms with E-state index >= 15 is 0 Å². The Hall–Kier alpha value is -0.181. The monoisotopic (exact) mass is 181 g/mol. The quantitative estimate of drug-likeness (QED) is 0.534. The molecular formula is C4H7NO2Se. The number of nitrogens with two attached hydrogens (primary N) is 1. The second kappa shape index (κ2) is 3.78. The zero-order chi connectivity index (χ0) is 6.57. The first-order valence-corrected chi connectivity index (χ1v) is 3.00. The van der Waals surface area contributed by atoms with Gasteiger partial charge in [-0.25, -0.2) is 0 Å². The van der Waals surface area contributed by atoms with Crippen LogP contribution in [0.5, 0.6) is 0 Å². The fourth-order valence-corrected chi connectivity index (χ4v) is 0.485. The van der Waals surface area contributed by atoms with Crippen LogP contribution in [-0.4, -0.2) is 37.6 Å². The van der Waals surface area contributed by atoms with Crippen LogP contribution in [0.2, 0.25) is 0 Å². The maximum absolute atomic E-state index is 9.97. The average Bonchev–Trinajstić information content (AvgIpc) is 1.67. The molecule has 8 heavy (non-hydrogen) atoms. The summed E-state index contributed by atoms with van der Waals surface area (Å²) >= 11 is 2.41. The van der Waals surface area contributed by atoms with Gasteiger partial charge in [-0.15, -0.1) is 0 Å². The van der Waals surface area contributed by atoms with Crippen molar-refractivity contribution in [2.75, 3.05) is 6.54 Å². The van der Waals surface area contributed by atoms with Crippen molar-refractivity contribution in [1.29, 1.82) is 0 Å². The van der Waals surface area contributed by atoms with Gasteiger partial charge in [0, 0.05) is 0 Å². The van der Waals surface area contributed by atoms with Gasteiger partial charge in [0.2, 0.25) is 0 Å². The van der Waals surface area contributed by atoms with Gasteiger partial charge in [-0.3, -0.25) is 0 Å². The van der Waals surface area contributed by atoms with Gasteiger partial charge in [-0.2, -0.15) is 0 Å². The third-order valence-electron chi connectivity index (χ3n) is 0.610. The molecule has 0 unspecified atom stereocenters. The van der Waals surface area contributed by atoms with E-state index in [0.29, 0.717) is 17.4 Å². The standard InChI is InChI=1S/C4H7NO2Se/c5-2-1-3(8)4(6)7/h1-2,5H2,(H,6,7). The number of hydrogen-bond donors (Lipinski definition) is 2. The molecule has 0 aromatic heterocycles. The normalized spacial score (nSPS) is 8.62. The van der Waals surface area contributed by atoms with Gasteiger partial charge in [-0.1, -0.05) is 0 Å². The van der Waals surface area contributed by atoms with Crippen LogP contribution in [0, 0.1) is 0 Å². The van der Waals surface area contributed by atoms with E-state index in [0.717, 1.165) is 0 Å². The van der Waals surface area contributed by atoms with Crippen LogP contribution in [0.4, 0.5) is 0 Å². The molecule has 3 nitrogen and oxygen atoms in total. The topological polar surface area (TPSA) is 63.3 Å². The molecule has 0 fully saturated rings. The Bertz CT molecular complexity index is 113. The molecule has 0 radical (unpaired) electrons. The van der Waals surface area contributed by atoms with E-state index in [1.807, 2.05) is 0 Å². The van der Waals surface area contributed by atoms with Crippen molar-refractivity contribution in [2.45, 2.75) is 6.42 Å². The molecule has 0 rings (SSSR count). The Morgan fingerprint density at radius 3 is 2.38 bits per heavy atom. The zero-order valence-electron chi connectivity index (χ0n) is 4.26. The van der Waals surface area contributed by atoms with E-state index in [-0.39, 0.29) is 0 Å². The van der Waals surface area contributed by atoms with Crippen LogP contribution in [0.15, 0.2) is 0 Å². The van der Waals surface area contributed by atoms with Crippen molar-refractivity contribution in [3.8, 4) is 0 Å². The Kier molecular flexibility index (Phi) is 3.69. The Balaban J connectivity index is 3.49. The second-order valence-corrected chi connectivity index (χ2v) is 2.30. The Morgan fingerprint density at radius 1 is 1.75 bits per heavy atom. The summed E-state index contributed by atoms with van der Waals surface area (Å²) in [5, 5.41) is 8.19. The van der Waals surface area contributed by atoms with Crippen LogP contribution >= 0.6 is 0 Å². The summed E-state index contributed by atoms with van der Waals surface area (Å²) in [6, 6.07) is 0. The number of carbonyl (C=O) groups is 1. The van der Waals surface area contributed by atoms with Gasteiger partial charge in [0.05, 0.1) is 0 Å². The van der Waals surface area contributed by atoms with Crippen molar-refractivity contribution >= 4 is 26.0 Å². The van der Waals surface area contributed by atoms with Gasteiger partial charge < -0.3 is 0 Å². The van der Waals surface area contributed by atoms with Crippen molar-refractivity contribution in [3.05, 3.63) is 0 Å². The molecule has 3 N–H and O–H groups in total. The minimum absolute atomic E-state index is 0.299. The molecule has 0 bridgehead atoms. The molecule has 0 saturated heterocycles. The first-order chi connectivity index (χ1) is 3.68. The molecule has 0 aliphatic rings. The summed E-state index contributed by atoms with van der Waals surface area (Å²) in [4.78, 5) is 9.97. The van der Waals surface area contributed by atoms with Crippen molar-refractivity contribution < 1.29 is 9.90 Å². The Labute approximate surface area is 55.2 Å². The maximum atomic E-state index is 9.97. The van der Waals surface area contributed by atoms with Gasteiger partial charge in [0.15, 0.2) is 0 Å². The predicted octanol–water partition coefficient (Wildman–Crippen LogP) is -1.24. The SMILES string of the molecule is NCCC(=[Se])C(=O)O. The van der Waals surface area contributed by atoms with Crippen molar-refractivity contribution in [1.82, 2.24) is 0 Å². The van der Waals surface area contributed by atoms with Crippen molar-refractivity contribution in [2.24, 2.45) is 5.73 Å². The molecule has 0 aliphatic heterocycles. The van der Waals surface area contributed by atoms with E-state index in [2.05, 4.69) is 15.6 Å². The van der Waals surface area contributed by atoms with Crippen LogP contribution < -0.4 is 5.73 Å². The van der Waals surface area contributed by atoms with Crippen molar-refractivity contribution in [3.63, 3.8) is 0 Å². The second-order valence-electron chi connectivity index (χ2n) is 1.27. The fraction of sp³-hybridized carbons (Fsp3) is 0.500. The summed E-state index contributed by atoms with van der Waals surface area (Å²) < 4.78 is 0.299. The van der Waals surface area contributed by atoms with E-state index in [9.17, 15) is 4.79 Å². The van der Waals surface area contributed by atoms with E-state index in [1.54, 1.807) is 0 Å². The van der Waals surface area contributed by atoms with Crippen LogP contribution in [0.1, 0.15) is 6.42 Å². The summed E-state index contributed by atoms with van der Waals surface area (Å²) in [6.45, 7) is 0.384. The van der Waals surface area contributed by atoms with Gasteiger partial charge in [0.1, 0.15) is 0 Å². The molecule has 46 valence electrons. The zero-order valence-corrected chi connectivity index (χ0v) is 5.97. The fourth-order valence-electron chi connectivity index (χ4n) is 0.238. The molecule has 0 heterocycles. The molecular weight excluding hydrogens is 173 g/mol. The van der Waals surface area contributed by atoms with Gasteiger partial charge in [0.25, 0.3) is 0 Å². The number of carboxylic acids is 1. The first kappa shape index (κ1) is 7.82. The van der Waals surface area contributed by atoms with E-state index in [1.165, 1.54) is 0 Å². The summed E-state index contributed by atoms with van der Waals surface area (Å²) in [6.07, 6.45) is 0.426. The van der Waals surface area contributed by atoms with Gasteiger partial charge >= 0.3 is 54.6 Å². The number of hydrogen-bond acceptors (Lipinski definition) is 2. The minimum atomic E-state index is -0.907. The van der Waals surface area contributed by atoms with Gasteiger partial charge in [-0.05, 0) is 0 Å². The average molecular weight is 180 g/mol. The van der Waals surface area contributed by atoms with Crippen LogP contribution in [0.25, 0.3) is 0 Å². The summed E-state index contributed by atoms with van der Waals surface area (Å²) in [5.41, 5.74) is 5.06.